The van der Waals surface area contributed by atoms with E-state index in [9.17, 15) is 13.2 Å². The molecule has 1 aromatic rings. The summed E-state index contributed by atoms with van der Waals surface area (Å²) in [5, 5.41) is 6.60. The van der Waals surface area contributed by atoms with E-state index in [0.29, 0.717) is 24.5 Å². The highest BCUT2D eigenvalue weighted by atomic mass is 32.2. The molecule has 0 aromatic carbocycles. The number of amides is 1. The number of rotatable bonds is 8. The van der Waals surface area contributed by atoms with Crippen molar-refractivity contribution in [3.8, 4) is 0 Å². The fraction of sp³-hybridized carbons (Fsp3) is 0.647. The number of aromatic amines is 1. The third-order valence-corrected chi connectivity index (χ3v) is 6.26. The van der Waals surface area contributed by atoms with Crippen LogP contribution < -0.4 is 4.72 Å². The quantitative estimate of drug-likeness (QED) is 0.687. The second-order valence-electron chi connectivity index (χ2n) is 6.53. The van der Waals surface area contributed by atoms with Crippen LogP contribution in [0.1, 0.15) is 50.4 Å². The van der Waals surface area contributed by atoms with Crippen molar-refractivity contribution >= 4 is 15.9 Å². The third kappa shape index (κ3) is 5.40. The van der Waals surface area contributed by atoms with Crippen LogP contribution in [0.3, 0.4) is 0 Å². The summed E-state index contributed by atoms with van der Waals surface area (Å²) in [6.07, 6.45) is 7.83. The van der Waals surface area contributed by atoms with Gasteiger partial charge < -0.3 is 4.90 Å². The molecule has 1 aromatic heterocycles. The molecule has 2 N–H and O–H groups in total. The number of aryl methyl sites for hydroxylation is 2. The highest BCUT2D eigenvalue weighted by Crippen LogP contribution is 2.20. The number of H-pyrrole nitrogens is 1. The van der Waals surface area contributed by atoms with E-state index in [1.54, 1.807) is 18.7 Å². The summed E-state index contributed by atoms with van der Waals surface area (Å²) in [6, 6.07) is 0. The second kappa shape index (κ2) is 8.62. The fourth-order valence-corrected chi connectivity index (χ4v) is 4.55. The highest BCUT2D eigenvalue weighted by molar-refractivity contribution is 7.89. The van der Waals surface area contributed by atoms with Crippen LogP contribution in [0.15, 0.2) is 16.5 Å². The van der Waals surface area contributed by atoms with Gasteiger partial charge in [0.2, 0.25) is 15.9 Å². The minimum absolute atomic E-state index is 0.0359. The fourth-order valence-electron chi connectivity index (χ4n) is 3.16. The van der Waals surface area contributed by atoms with E-state index >= 15 is 0 Å². The van der Waals surface area contributed by atoms with Gasteiger partial charge in [-0.3, -0.25) is 9.89 Å². The maximum atomic E-state index is 12.4. The van der Waals surface area contributed by atoms with Crippen LogP contribution >= 0.6 is 0 Å². The summed E-state index contributed by atoms with van der Waals surface area (Å²) >= 11 is 0. The molecule has 1 aliphatic rings. The number of nitrogens with one attached hydrogen (secondary N) is 2. The summed E-state index contributed by atoms with van der Waals surface area (Å²) in [6.45, 7) is 6.02. The molecule has 1 aliphatic carbocycles. The number of sulfonamides is 1. The van der Waals surface area contributed by atoms with Crippen LogP contribution in [0.2, 0.25) is 0 Å². The lowest BCUT2D eigenvalue weighted by molar-refractivity contribution is -0.128. The summed E-state index contributed by atoms with van der Waals surface area (Å²) in [7, 11) is -3.63. The van der Waals surface area contributed by atoms with Crippen LogP contribution in [0.25, 0.3) is 0 Å². The van der Waals surface area contributed by atoms with E-state index in [0.717, 1.165) is 19.3 Å². The average Bonchev–Trinajstić information content (AvgIpc) is 2.90. The van der Waals surface area contributed by atoms with Gasteiger partial charge in [0.25, 0.3) is 0 Å². The molecule has 0 atom stereocenters. The maximum absolute atomic E-state index is 12.4. The van der Waals surface area contributed by atoms with Gasteiger partial charge in [-0.05, 0) is 46.0 Å². The molecule has 8 heteroatoms. The zero-order valence-corrected chi connectivity index (χ0v) is 16.1. The van der Waals surface area contributed by atoms with Gasteiger partial charge in [0.15, 0.2) is 0 Å². The first kappa shape index (κ1) is 19.7. The number of allylic oxidation sites excluding steroid dienone is 1. The van der Waals surface area contributed by atoms with Gasteiger partial charge in [0.1, 0.15) is 4.90 Å². The molecule has 7 nitrogen and oxygen atoms in total. The van der Waals surface area contributed by atoms with Gasteiger partial charge in [-0.1, -0.05) is 11.6 Å². The average molecular weight is 369 g/mol. The van der Waals surface area contributed by atoms with E-state index in [1.165, 1.54) is 25.3 Å². The first-order valence-corrected chi connectivity index (χ1v) is 10.2. The van der Waals surface area contributed by atoms with Crippen molar-refractivity contribution in [3.05, 3.63) is 23.0 Å². The smallest absolute Gasteiger partial charge is 0.244 e. The van der Waals surface area contributed by atoms with E-state index < -0.39 is 10.0 Å². The van der Waals surface area contributed by atoms with Crippen LogP contribution in [0.4, 0.5) is 0 Å². The van der Waals surface area contributed by atoms with Crippen molar-refractivity contribution in [2.75, 3.05) is 19.6 Å². The Hall–Kier alpha value is -1.67. The Bertz CT molecular complexity index is 718. The molecule has 0 saturated heterocycles. The van der Waals surface area contributed by atoms with E-state index in [-0.39, 0.29) is 17.3 Å². The van der Waals surface area contributed by atoms with Gasteiger partial charge in [0, 0.05) is 26.6 Å². The lowest BCUT2D eigenvalue weighted by atomic mass is 9.97. The number of hydrogen-bond donors (Lipinski definition) is 2. The SMILES string of the molecule is CC(=O)N(CCNS(=O)(=O)c1c(C)n[nH]c1C)CCC1=CCCCC1. The predicted octanol–water partition coefficient (Wildman–Crippen LogP) is 2.04. The number of nitrogens with zero attached hydrogens (tertiary/aromatic N) is 2. The lowest BCUT2D eigenvalue weighted by Gasteiger charge is -2.23. The molecule has 25 heavy (non-hydrogen) atoms. The lowest BCUT2D eigenvalue weighted by Crippen LogP contribution is -2.38. The number of hydrogen-bond acceptors (Lipinski definition) is 4. The molecule has 0 saturated carbocycles. The molecule has 0 spiro atoms. The Balaban J connectivity index is 1.88. The predicted molar refractivity (Wildman–Crippen MR) is 96.7 cm³/mol. The van der Waals surface area contributed by atoms with Crippen molar-refractivity contribution in [2.45, 2.75) is 57.8 Å². The second-order valence-corrected chi connectivity index (χ2v) is 8.23. The Morgan fingerprint density at radius 1 is 1.32 bits per heavy atom. The van der Waals surface area contributed by atoms with Crippen molar-refractivity contribution in [1.82, 2.24) is 19.8 Å². The molecule has 1 heterocycles. The molecule has 2 rings (SSSR count). The molecule has 1 amide bonds. The topological polar surface area (TPSA) is 95.2 Å². The van der Waals surface area contributed by atoms with Gasteiger partial charge in [-0.2, -0.15) is 5.10 Å². The Morgan fingerprint density at radius 2 is 2.08 bits per heavy atom. The molecule has 140 valence electrons. The van der Waals surface area contributed by atoms with E-state index in [2.05, 4.69) is 21.0 Å². The molecule has 0 aliphatic heterocycles. The van der Waals surface area contributed by atoms with E-state index in [1.807, 2.05) is 0 Å². The normalized spacial score (nSPS) is 15.1. The molecule has 0 fully saturated rings. The maximum Gasteiger partial charge on any atom is 0.244 e. The number of aromatic nitrogens is 2. The molecular formula is C17H28N4O3S. The zero-order valence-electron chi connectivity index (χ0n) is 15.3. The van der Waals surface area contributed by atoms with Crippen molar-refractivity contribution in [2.24, 2.45) is 0 Å². The Labute approximate surface area is 149 Å². The first-order chi connectivity index (χ1) is 11.8. The molecular weight excluding hydrogens is 340 g/mol. The molecule has 0 radical (unpaired) electrons. The Kier molecular flexibility index (Phi) is 6.78. The minimum atomic E-state index is -3.63. The monoisotopic (exact) mass is 368 g/mol. The van der Waals surface area contributed by atoms with Gasteiger partial charge in [-0.25, -0.2) is 13.1 Å². The van der Waals surface area contributed by atoms with Crippen LogP contribution in [0, 0.1) is 13.8 Å². The van der Waals surface area contributed by atoms with Gasteiger partial charge >= 0.3 is 0 Å². The van der Waals surface area contributed by atoms with Crippen LogP contribution in [-0.4, -0.2) is 49.1 Å². The summed E-state index contributed by atoms with van der Waals surface area (Å²) in [5.74, 6) is -0.0359. The van der Waals surface area contributed by atoms with E-state index in [4.69, 9.17) is 0 Å². The Morgan fingerprint density at radius 3 is 2.64 bits per heavy atom. The van der Waals surface area contributed by atoms with Crippen molar-refractivity contribution in [3.63, 3.8) is 0 Å². The largest absolute Gasteiger partial charge is 0.341 e. The summed E-state index contributed by atoms with van der Waals surface area (Å²) in [5.41, 5.74) is 2.36. The third-order valence-electron chi connectivity index (χ3n) is 4.54. The van der Waals surface area contributed by atoms with Crippen molar-refractivity contribution in [1.29, 1.82) is 0 Å². The standard InChI is InChI=1S/C17H28N4O3S/c1-13-17(14(2)20-19-13)25(23,24)18-10-12-21(15(3)22)11-9-16-7-5-4-6-8-16/h7,18H,4-6,8-12H2,1-3H3,(H,19,20). The van der Waals surface area contributed by atoms with Crippen LogP contribution in [-0.2, 0) is 14.8 Å². The van der Waals surface area contributed by atoms with Gasteiger partial charge in [0.05, 0.1) is 11.4 Å². The number of carbonyl (C=O) groups excluding carboxylic acids is 1. The highest BCUT2D eigenvalue weighted by Gasteiger charge is 2.22. The van der Waals surface area contributed by atoms with Crippen LogP contribution in [0.5, 0.6) is 0 Å². The van der Waals surface area contributed by atoms with Crippen molar-refractivity contribution < 1.29 is 13.2 Å². The van der Waals surface area contributed by atoms with Gasteiger partial charge in [-0.15, -0.1) is 0 Å². The first-order valence-electron chi connectivity index (χ1n) is 8.76. The zero-order chi connectivity index (χ0) is 18.4. The molecule has 0 unspecified atom stereocenters. The minimum Gasteiger partial charge on any atom is -0.341 e. The summed E-state index contributed by atoms with van der Waals surface area (Å²) in [4.78, 5) is 13.7. The summed E-state index contributed by atoms with van der Waals surface area (Å²) < 4.78 is 27.4. The number of carbonyl (C=O) groups is 1. The molecule has 0 bridgehead atoms.